The zero-order chi connectivity index (χ0) is 18.7. The molecule has 3 rings (SSSR count). The fraction of sp³-hybridized carbons (Fsp3) is 0.333. The number of carbonyl (C=O) groups excluding carboxylic acids is 1. The Kier molecular flexibility index (Phi) is 5.74. The number of benzene rings is 1. The van der Waals surface area contributed by atoms with Crippen molar-refractivity contribution in [1.82, 2.24) is 14.2 Å². The first-order chi connectivity index (χ1) is 12.4. The molecule has 1 aliphatic rings. The van der Waals surface area contributed by atoms with Crippen molar-refractivity contribution < 1.29 is 13.2 Å². The van der Waals surface area contributed by atoms with Gasteiger partial charge in [-0.15, -0.1) is 0 Å². The third-order valence-corrected chi connectivity index (χ3v) is 6.83. The normalized spacial score (nSPS) is 17.7. The van der Waals surface area contributed by atoms with E-state index in [1.165, 1.54) is 19.2 Å². The van der Waals surface area contributed by atoms with Crippen molar-refractivity contribution in [2.24, 2.45) is 0 Å². The SMILES string of the molecule is CN(CC(=O)N1CCCC1c1ccccn1)S(=O)(=O)c1ccc(Br)cc1. The third-order valence-electron chi connectivity index (χ3n) is 4.48. The molecule has 0 radical (unpaired) electrons. The lowest BCUT2D eigenvalue weighted by Crippen LogP contribution is -2.41. The highest BCUT2D eigenvalue weighted by molar-refractivity contribution is 9.10. The Balaban J connectivity index is 1.73. The molecule has 26 heavy (non-hydrogen) atoms. The zero-order valence-corrected chi connectivity index (χ0v) is 16.8. The molecular weight excluding hydrogens is 418 g/mol. The van der Waals surface area contributed by atoms with Gasteiger partial charge < -0.3 is 4.90 Å². The molecule has 1 aromatic heterocycles. The van der Waals surface area contributed by atoms with E-state index in [-0.39, 0.29) is 23.4 Å². The number of carbonyl (C=O) groups is 1. The van der Waals surface area contributed by atoms with E-state index in [0.717, 1.165) is 27.3 Å². The summed E-state index contributed by atoms with van der Waals surface area (Å²) in [4.78, 5) is 19.0. The lowest BCUT2D eigenvalue weighted by molar-refractivity contribution is -0.132. The monoisotopic (exact) mass is 437 g/mol. The van der Waals surface area contributed by atoms with Gasteiger partial charge >= 0.3 is 0 Å². The standard InChI is InChI=1S/C18H20BrN3O3S/c1-21(26(24,25)15-9-7-14(19)8-10-15)13-18(23)22-12-4-6-17(22)16-5-2-3-11-20-16/h2-3,5,7-11,17H,4,6,12-13H2,1H3. The van der Waals surface area contributed by atoms with Crippen LogP contribution in [0.3, 0.4) is 0 Å². The maximum absolute atomic E-state index is 12.8. The molecule has 1 atom stereocenters. The minimum atomic E-state index is -3.71. The van der Waals surface area contributed by atoms with E-state index in [9.17, 15) is 13.2 Å². The van der Waals surface area contributed by atoms with Gasteiger partial charge in [0.1, 0.15) is 0 Å². The minimum Gasteiger partial charge on any atom is -0.333 e. The molecule has 1 fully saturated rings. The summed E-state index contributed by atoms with van der Waals surface area (Å²) < 4.78 is 27.2. The largest absolute Gasteiger partial charge is 0.333 e. The number of likely N-dealkylation sites (N-methyl/N-ethyl adjacent to an activating group) is 1. The lowest BCUT2D eigenvalue weighted by Gasteiger charge is -2.26. The summed E-state index contributed by atoms with van der Waals surface area (Å²) in [6, 6.07) is 11.9. The van der Waals surface area contributed by atoms with Crippen LogP contribution in [0.2, 0.25) is 0 Å². The Morgan fingerprint density at radius 3 is 2.65 bits per heavy atom. The molecule has 2 heterocycles. The molecule has 0 N–H and O–H groups in total. The second kappa shape index (κ2) is 7.85. The van der Waals surface area contributed by atoms with E-state index in [1.54, 1.807) is 23.2 Å². The molecule has 2 aromatic rings. The van der Waals surface area contributed by atoms with Gasteiger partial charge in [-0.1, -0.05) is 22.0 Å². The molecule has 1 unspecified atom stereocenters. The smallest absolute Gasteiger partial charge is 0.243 e. The third kappa shape index (κ3) is 3.97. The van der Waals surface area contributed by atoms with Gasteiger partial charge in [0.2, 0.25) is 15.9 Å². The van der Waals surface area contributed by atoms with Crippen molar-refractivity contribution in [3.05, 3.63) is 58.8 Å². The van der Waals surface area contributed by atoms with Crippen molar-refractivity contribution in [2.75, 3.05) is 20.1 Å². The highest BCUT2D eigenvalue weighted by atomic mass is 79.9. The van der Waals surface area contributed by atoms with Gasteiger partial charge in [-0.3, -0.25) is 9.78 Å². The zero-order valence-electron chi connectivity index (χ0n) is 14.4. The summed E-state index contributed by atoms with van der Waals surface area (Å²) >= 11 is 3.29. The van der Waals surface area contributed by atoms with Crippen LogP contribution in [0.5, 0.6) is 0 Å². The number of pyridine rings is 1. The summed E-state index contributed by atoms with van der Waals surface area (Å²) in [6.45, 7) is 0.425. The average molecular weight is 438 g/mol. The van der Waals surface area contributed by atoms with E-state index in [1.807, 2.05) is 18.2 Å². The Labute approximate surface area is 162 Å². The number of likely N-dealkylation sites (tertiary alicyclic amines) is 1. The van der Waals surface area contributed by atoms with E-state index < -0.39 is 10.0 Å². The molecule has 0 spiro atoms. The summed E-state index contributed by atoms with van der Waals surface area (Å²) in [5.41, 5.74) is 0.844. The first-order valence-electron chi connectivity index (χ1n) is 8.32. The topological polar surface area (TPSA) is 70.6 Å². The van der Waals surface area contributed by atoms with Gasteiger partial charge in [-0.2, -0.15) is 4.31 Å². The van der Waals surface area contributed by atoms with Gasteiger partial charge in [0.05, 0.1) is 23.2 Å². The molecule has 0 aliphatic carbocycles. The quantitative estimate of drug-likeness (QED) is 0.720. The van der Waals surface area contributed by atoms with Crippen LogP contribution in [0.15, 0.2) is 58.0 Å². The molecule has 1 aliphatic heterocycles. The number of hydrogen-bond donors (Lipinski definition) is 0. The minimum absolute atomic E-state index is 0.0903. The fourth-order valence-electron chi connectivity index (χ4n) is 3.10. The molecule has 1 aromatic carbocycles. The van der Waals surface area contributed by atoms with E-state index >= 15 is 0 Å². The van der Waals surface area contributed by atoms with Gasteiger partial charge in [0.15, 0.2) is 0 Å². The van der Waals surface area contributed by atoms with Crippen LogP contribution in [0.1, 0.15) is 24.6 Å². The Morgan fingerprint density at radius 1 is 1.27 bits per heavy atom. The van der Waals surface area contributed by atoms with Crippen LogP contribution in [0.25, 0.3) is 0 Å². The van der Waals surface area contributed by atoms with Gasteiger partial charge in [-0.25, -0.2) is 8.42 Å². The fourth-order valence-corrected chi connectivity index (χ4v) is 4.48. The molecule has 1 amide bonds. The Morgan fingerprint density at radius 2 is 2.00 bits per heavy atom. The molecule has 138 valence electrons. The van der Waals surface area contributed by atoms with Crippen molar-refractivity contribution in [2.45, 2.75) is 23.8 Å². The van der Waals surface area contributed by atoms with E-state index in [0.29, 0.717) is 6.54 Å². The second-order valence-electron chi connectivity index (χ2n) is 6.21. The first-order valence-corrected chi connectivity index (χ1v) is 10.5. The molecule has 6 nitrogen and oxygen atoms in total. The van der Waals surface area contributed by atoms with Crippen LogP contribution in [-0.4, -0.2) is 48.7 Å². The van der Waals surface area contributed by atoms with Gasteiger partial charge in [0.25, 0.3) is 0 Å². The number of halogens is 1. The molecule has 8 heteroatoms. The first kappa shape index (κ1) is 19.0. The number of rotatable bonds is 5. The van der Waals surface area contributed by atoms with Crippen molar-refractivity contribution in [1.29, 1.82) is 0 Å². The maximum atomic E-state index is 12.8. The van der Waals surface area contributed by atoms with Crippen LogP contribution in [0.4, 0.5) is 0 Å². The predicted octanol–water partition coefficient (Wildman–Crippen LogP) is 2.83. The predicted molar refractivity (Wildman–Crippen MR) is 102 cm³/mol. The van der Waals surface area contributed by atoms with E-state index in [4.69, 9.17) is 0 Å². The molecule has 0 bridgehead atoms. The van der Waals surface area contributed by atoms with Gasteiger partial charge in [-0.05, 0) is 49.2 Å². The number of nitrogens with zero attached hydrogens (tertiary/aromatic N) is 3. The highest BCUT2D eigenvalue weighted by Gasteiger charge is 2.33. The lowest BCUT2D eigenvalue weighted by atomic mass is 10.1. The number of sulfonamides is 1. The van der Waals surface area contributed by atoms with Crippen LogP contribution >= 0.6 is 15.9 Å². The van der Waals surface area contributed by atoms with Gasteiger partial charge in [0, 0.05) is 24.3 Å². The molecule has 1 saturated heterocycles. The van der Waals surface area contributed by atoms with Crippen molar-refractivity contribution in [3.63, 3.8) is 0 Å². The molecule has 0 saturated carbocycles. The van der Waals surface area contributed by atoms with Crippen LogP contribution < -0.4 is 0 Å². The summed E-state index contributed by atoms with van der Waals surface area (Å²) in [5, 5.41) is 0. The summed E-state index contributed by atoms with van der Waals surface area (Å²) in [7, 11) is -2.28. The van der Waals surface area contributed by atoms with Crippen molar-refractivity contribution >= 4 is 31.9 Å². The Bertz CT molecular complexity index is 872. The highest BCUT2D eigenvalue weighted by Crippen LogP contribution is 2.30. The Hall–Kier alpha value is -1.77. The van der Waals surface area contributed by atoms with E-state index in [2.05, 4.69) is 20.9 Å². The molecular formula is C18H20BrN3O3S. The maximum Gasteiger partial charge on any atom is 0.243 e. The van der Waals surface area contributed by atoms with Crippen LogP contribution in [-0.2, 0) is 14.8 Å². The number of aromatic nitrogens is 1. The second-order valence-corrected chi connectivity index (χ2v) is 9.18. The van der Waals surface area contributed by atoms with Crippen molar-refractivity contribution in [3.8, 4) is 0 Å². The van der Waals surface area contributed by atoms with Crippen LogP contribution in [0, 0.1) is 0 Å². The summed E-state index contributed by atoms with van der Waals surface area (Å²) in [6.07, 6.45) is 3.43. The number of hydrogen-bond acceptors (Lipinski definition) is 4. The summed E-state index contributed by atoms with van der Waals surface area (Å²) in [5.74, 6) is -0.207. The average Bonchev–Trinajstić information content (AvgIpc) is 3.12. The number of amides is 1.